The summed E-state index contributed by atoms with van der Waals surface area (Å²) in [7, 11) is 0. The average molecular weight is 310 g/mol. The summed E-state index contributed by atoms with van der Waals surface area (Å²) in [6, 6.07) is 4.39. The van der Waals surface area contributed by atoms with Crippen molar-refractivity contribution in [3.8, 4) is 0 Å². The molecule has 3 rings (SSSR count). The summed E-state index contributed by atoms with van der Waals surface area (Å²) in [6.07, 6.45) is 6.53. The predicted molar refractivity (Wildman–Crippen MR) is 74.5 cm³/mol. The van der Waals surface area contributed by atoms with E-state index in [1.165, 1.54) is 12.8 Å². The molecule has 0 aliphatic heterocycles. The number of fused-ring (bicyclic) bond motifs is 1. The molecule has 2 aromatic rings. The van der Waals surface area contributed by atoms with E-state index < -0.39 is 0 Å². The van der Waals surface area contributed by atoms with Crippen molar-refractivity contribution >= 4 is 27.5 Å². The van der Waals surface area contributed by atoms with Crippen molar-refractivity contribution in [1.29, 1.82) is 0 Å². The second-order valence-electron chi connectivity index (χ2n) is 4.78. The first-order chi connectivity index (χ1) is 8.72. The van der Waals surface area contributed by atoms with Crippen LogP contribution < -0.4 is 11.1 Å². The number of pyridine rings is 1. The van der Waals surface area contributed by atoms with Crippen LogP contribution in [-0.2, 0) is 0 Å². The van der Waals surface area contributed by atoms with Gasteiger partial charge in [-0.3, -0.25) is 0 Å². The number of hydrogen-bond acceptors (Lipinski definition) is 4. The van der Waals surface area contributed by atoms with E-state index in [1.54, 1.807) is 4.52 Å². The van der Waals surface area contributed by atoms with E-state index in [2.05, 4.69) is 31.3 Å². The number of rotatable bonds is 2. The Hall–Kier alpha value is -1.14. The fraction of sp³-hybridized carbons (Fsp3) is 0.500. The van der Waals surface area contributed by atoms with E-state index >= 15 is 0 Å². The molecule has 3 N–H and O–H groups in total. The first-order valence-corrected chi connectivity index (χ1v) is 7.06. The highest BCUT2D eigenvalue weighted by molar-refractivity contribution is 9.10. The van der Waals surface area contributed by atoms with Gasteiger partial charge >= 0.3 is 0 Å². The van der Waals surface area contributed by atoms with E-state index in [0.717, 1.165) is 23.0 Å². The molecule has 0 amide bonds. The van der Waals surface area contributed by atoms with Gasteiger partial charge in [-0.15, -0.1) is 5.10 Å². The molecule has 0 spiro atoms. The smallest absolute Gasteiger partial charge is 0.243 e. The molecule has 0 aromatic carbocycles. The first kappa shape index (κ1) is 11.9. The predicted octanol–water partition coefficient (Wildman–Crippen LogP) is 2.17. The Labute approximate surface area is 114 Å². The lowest BCUT2D eigenvalue weighted by Gasteiger charge is -2.28. The Balaban J connectivity index is 1.81. The number of aromatic nitrogens is 3. The summed E-state index contributed by atoms with van der Waals surface area (Å²) in [4.78, 5) is 4.45. The molecule has 2 heterocycles. The zero-order chi connectivity index (χ0) is 12.5. The average Bonchev–Trinajstić information content (AvgIpc) is 2.73. The van der Waals surface area contributed by atoms with Gasteiger partial charge in [0.2, 0.25) is 5.95 Å². The lowest BCUT2D eigenvalue weighted by molar-refractivity contribution is 0.402. The van der Waals surface area contributed by atoms with E-state index in [4.69, 9.17) is 5.73 Å². The van der Waals surface area contributed by atoms with Gasteiger partial charge in [0.1, 0.15) is 0 Å². The van der Waals surface area contributed by atoms with Crippen molar-refractivity contribution in [1.82, 2.24) is 14.6 Å². The van der Waals surface area contributed by atoms with Crippen molar-refractivity contribution < 1.29 is 0 Å². The number of anilines is 1. The topological polar surface area (TPSA) is 68.2 Å². The van der Waals surface area contributed by atoms with E-state index in [1.807, 2.05) is 18.3 Å². The third-order valence-corrected chi connectivity index (χ3v) is 3.90. The van der Waals surface area contributed by atoms with E-state index in [0.29, 0.717) is 12.0 Å². The van der Waals surface area contributed by atoms with Gasteiger partial charge in [0.05, 0.1) is 0 Å². The minimum Gasteiger partial charge on any atom is -0.349 e. The Morgan fingerprint density at radius 2 is 2.17 bits per heavy atom. The number of nitrogens with zero attached hydrogens (tertiary/aromatic N) is 3. The quantitative estimate of drug-likeness (QED) is 0.892. The van der Waals surface area contributed by atoms with E-state index in [-0.39, 0.29) is 6.04 Å². The zero-order valence-electron chi connectivity index (χ0n) is 10.0. The van der Waals surface area contributed by atoms with Crippen molar-refractivity contribution in [3.63, 3.8) is 0 Å². The van der Waals surface area contributed by atoms with Crippen LogP contribution in [0.4, 0.5) is 5.95 Å². The van der Waals surface area contributed by atoms with Crippen LogP contribution in [0.25, 0.3) is 5.65 Å². The minimum atomic E-state index is 0.206. The molecule has 2 unspecified atom stereocenters. The lowest BCUT2D eigenvalue weighted by atomic mass is 9.91. The highest BCUT2D eigenvalue weighted by Gasteiger charge is 2.22. The molecule has 1 saturated carbocycles. The summed E-state index contributed by atoms with van der Waals surface area (Å²) < 4.78 is 2.75. The van der Waals surface area contributed by atoms with Gasteiger partial charge in [-0.2, -0.15) is 4.98 Å². The number of hydrogen-bond donors (Lipinski definition) is 2. The molecule has 2 aromatic heterocycles. The van der Waals surface area contributed by atoms with Crippen LogP contribution in [0.5, 0.6) is 0 Å². The van der Waals surface area contributed by atoms with Crippen molar-refractivity contribution in [3.05, 3.63) is 22.8 Å². The maximum absolute atomic E-state index is 6.11. The van der Waals surface area contributed by atoms with Gasteiger partial charge in [0.25, 0.3) is 0 Å². The fourth-order valence-corrected chi connectivity index (χ4v) is 2.75. The van der Waals surface area contributed by atoms with Gasteiger partial charge in [0.15, 0.2) is 5.65 Å². The molecule has 5 nitrogen and oxygen atoms in total. The van der Waals surface area contributed by atoms with Crippen molar-refractivity contribution in [2.24, 2.45) is 5.73 Å². The minimum absolute atomic E-state index is 0.206. The molecule has 18 heavy (non-hydrogen) atoms. The van der Waals surface area contributed by atoms with Gasteiger partial charge in [0, 0.05) is 22.8 Å². The molecule has 2 atom stereocenters. The molecule has 1 aliphatic rings. The van der Waals surface area contributed by atoms with Crippen LogP contribution in [0.3, 0.4) is 0 Å². The third-order valence-electron chi connectivity index (χ3n) is 3.43. The number of nitrogens with one attached hydrogen (secondary N) is 1. The van der Waals surface area contributed by atoms with Gasteiger partial charge < -0.3 is 11.1 Å². The van der Waals surface area contributed by atoms with Crippen LogP contribution in [0.2, 0.25) is 0 Å². The molecule has 0 radical (unpaired) electrons. The van der Waals surface area contributed by atoms with Crippen LogP contribution in [0.15, 0.2) is 22.8 Å². The zero-order valence-corrected chi connectivity index (χ0v) is 11.6. The standard InChI is InChI=1S/C12H16BrN5/c13-8-5-6-11-16-12(17-18(11)7-8)15-10-4-2-1-3-9(10)14/h5-7,9-10H,1-4,14H2,(H,15,17). The first-order valence-electron chi connectivity index (χ1n) is 6.26. The van der Waals surface area contributed by atoms with E-state index in [9.17, 15) is 0 Å². The molecule has 0 bridgehead atoms. The Bertz CT molecular complexity index is 552. The normalized spacial score (nSPS) is 24.3. The van der Waals surface area contributed by atoms with Crippen LogP contribution in [0.1, 0.15) is 25.7 Å². The number of halogens is 1. The molecule has 96 valence electrons. The van der Waals surface area contributed by atoms with Crippen molar-refractivity contribution in [2.75, 3.05) is 5.32 Å². The Kier molecular flexibility index (Phi) is 3.22. The third kappa shape index (κ3) is 2.35. The maximum Gasteiger partial charge on any atom is 0.243 e. The SMILES string of the molecule is NC1CCCCC1Nc1nc2ccc(Br)cn2n1. The van der Waals surface area contributed by atoms with Crippen molar-refractivity contribution in [2.45, 2.75) is 37.8 Å². The maximum atomic E-state index is 6.11. The molecule has 1 aliphatic carbocycles. The van der Waals surface area contributed by atoms with Gasteiger partial charge in [-0.1, -0.05) is 12.8 Å². The monoisotopic (exact) mass is 309 g/mol. The summed E-state index contributed by atoms with van der Waals surface area (Å²) in [5.74, 6) is 0.662. The second-order valence-corrected chi connectivity index (χ2v) is 5.70. The summed E-state index contributed by atoms with van der Waals surface area (Å²) in [5.41, 5.74) is 6.95. The fourth-order valence-electron chi connectivity index (χ4n) is 2.42. The molecule has 0 saturated heterocycles. The lowest BCUT2D eigenvalue weighted by Crippen LogP contribution is -2.42. The number of nitrogens with two attached hydrogens (primary N) is 1. The van der Waals surface area contributed by atoms with Crippen LogP contribution in [-0.4, -0.2) is 26.7 Å². The summed E-state index contributed by atoms with van der Waals surface area (Å²) in [5, 5.41) is 7.77. The van der Waals surface area contributed by atoms with Crippen LogP contribution >= 0.6 is 15.9 Å². The molecular weight excluding hydrogens is 294 g/mol. The molecule has 6 heteroatoms. The highest BCUT2D eigenvalue weighted by Crippen LogP contribution is 2.20. The highest BCUT2D eigenvalue weighted by atomic mass is 79.9. The molecular formula is C12H16BrN5. The second kappa shape index (κ2) is 4.85. The Morgan fingerprint density at radius 1 is 1.33 bits per heavy atom. The summed E-state index contributed by atoms with van der Waals surface area (Å²) in [6.45, 7) is 0. The largest absolute Gasteiger partial charge is 0.349 e. The molecule has 1 fully saturated rings. The van der Waals surface area contributed by atoms with Gasteiger partial charge in [-0.05, 0) is 40.9 Å². The van der Waals surface area contributed by atoms with Gasteiger partial charge in [-0.25, -0.2) is 4.52 Å². The van der Waals surface area contributed by atoms with Crippen LogP contribution in [0, 0.1) is 0 Å². The summed E-state index contributed by atoms with van der Waals surface area (Å²) >= 11 is 3.42. The Morgan fingerprint density at radius 3 is 3.00 bits per heavy atom.